The summed E-state index contributed by atoms with van der Waals surface area (Å²) in [6.07, 6.45) is 5.82. The van der Waals surface area contributed by atoms with E-state index < -0.39 is 12.3 Å². The van der Waals surface area contributed by atoms with Crippen molar-refractivity contribution in [2.75, 3.05) is 13.2 Å². The molecule has 4 aliphatic carbocycles. The van der Waals surface area contributed by atoms with Crippen LogP contribution in [0.15, 0.2) is 12.2 Å². The van der Waals surface area contributed by atoms with Crippen molar-refractivity contribution in [3.8, 4) is 0 Å². The molecule has 4 aliphatic rings. The molecule has 0 N–H and O–H groups in total. The summed E-state index contributed by atoms with van der Waals surface area (Å²) in [5.41, 5.74) is 0.335. The first-order valence-corrected chi connectivity index (χ1v) is 10.1. The van der Waals surface area contributed by atoms with Crippen LogP contribution in [0.2, 0.25) is 0 Å². The van der Waals surface area contributed by atoms with Crippen molar-refractivity contribution < 1.29 is 23.8 Å². The molecule has 4 bridgehead atoms. The summed E-state index contributed by atoms with van der Waals surface area (Å²) in [6, 6.07) is 0. The van der Waals surface area contributed by atoms with E-state index in [2.05, 4.69) is 6.58 Å². The normalized spacial score (nSPS) is 40.3. The summed E-state index contributed by atoms with van der Waals surface area (Å²) >= 11 is 0. The molecule has 0 spiro atoms. The Balaban J connectivity index is 1.20. The second-order valence-corrected chi connectivity index (χ2v) is 8.78. The zero-order chi connectivity index (χ0) is 18.4. The Hall–Kier alpha value is -1.36. The van der Waals surface area contributed by atoms with Crippen LogP contribution in [0.25, 0.3) is 0 Å². The fourth-order valence-electron chi connectivity index (χ4n) is 6.59. The molecule has 0 radical (unpaired) electrons. The van der Waals surface area contributed by atoms with Gasteiger partial charge in [-0.2, -0.15) is 0 Å². The van der Waals surface area contributed by atoms with Gasteiger partial charge in [-0.25, -0.2) is 4.79 Å². The van der Waals surface area contributed by atoms with Crippen LogP contribution in [0, 0.1) is 41.4 Å². The lowest BCUT2D eigenvalue weighted by Crippen LogP contribution is -2.36. The minimum Gasteiger partial charge on any atom is -0.463 e. The van der Waals surface area contributed by atoms with Gasteiger partial charge in [-0.15, -0.1) is 0 Å². The number of fused-ring (bicyclic) bond motifs is 9. The monoisotopic (exact) mass is 362 g/mol. The molecule has 4 fully saturated rings. The van der Waals surface area contributed by atoms with E-state index in [1.165, 1.54) is 25.7 Å². The van der Waals surface area contributed by atoms with E-state index >= 15 is 0 Å². The van der Waals surface area contributed by atoms with Gasteiger partial charge in [0.05, 0.1) is 12.5 Å². The Morgan fingerprint density at radius 1 is 1.04 bits per heavy atom. The van der Waals surface area contributed by atoms with E-state index in [1.807, 2.05) is 0 Å². The van der Waals surface area contributed by atoms with Crippen molar-refractivity contribution in [3.05, 3.63) is 12.2 Å². The SMILES string of the molecule is C=C(C)C(=O)OC(C)OCCOC(=O)C1CC2CC1C1C3CCC(C3)C21. The van der Waals surface area contributed by atoms with Gasteiger partial charge in [0.2, 0.25) is 6.29 Å². The minimum absolute atomic E-state index is 0.0473. The second-order valence-electron chi connectivity index (χ2n) is 8.78. The van der Waals surface area contributed by atoms with Crippen LogP contribution >= 0.6 is 0 Å². The lowest BCUT2D eigenvalue weighted by Gasteiger charge is -2.37. The first-order chi connectivity index (χ1) is 12.5. The van der Waals surface area contributed by atoms with Crippen molar-refractivity contribution in [2.45, 2.75) is 52.2 Å². The van der Waals surface area contributed by atoms with Crippen molar-refractivity contribution >= 4 is 11.9 Å². The number of hydrogen-bond donors (Lipinski definition) is 0. The second kappa shape index (κ2) is 6.99. The minimum atomic E-state index is -0.671. The predicted octanol–water partition coefficient (Wildman–Crippen LogP) is 3.33. The fourth-order valence-corrected chi connectivity index (χ4v) is 6.59. The van der Waals surface area contributed by atoms with Crippen molar-refractivity contribution in [1.29, 1.82) is 0 Å². The molecule has 0 aromatic heterocycles. The molecule has 4 rings (SSSR count). The molecule has 0 aliphatic heterocycles. The van der Waals surface area contributed by atoms with Gasteiger partial charge in [-0.3, -0.25) is 4.79 Å². The Morgan fingerprint density at radius 3 is 2.50 bits per heavy atom. The molecule has 8 unspecified atom stereocenters. The quantitative estimate of drug-likeness (QED) is 0.229. The largest absolute Gasteiger partial charge is 0.463 e. The number of carbonyl (C=O) groups excluding carboxylic acids is 2. The van der Waals surface area contributed by atoms with Crippen LogP contribution in [-0.4, -0.2) is 31.4 Å². The summed E-state index contributed by atoms with van der Waals surface area (Å²) < 4.78 is 15.9. The van der Waals surface area contributed by atoms with Gasteiger partial charge in [0, 0.05) is 5.57 Å². The van der Waals surface area contributed by atoms with Crippen LogP contribution in [-0.2, 0) is 23.8 Å². The number of rotatable bonds is 7. The highest BCUT2D eigenvalue weighted by molar-refractivity contribution is 5.86. The van der Waals surface area contributed by atoms with Gasteiger partial charge in [-0.05, 0) is 81.5 Å². The maximum atomic E-state index is 12.6. The van der Waals surface area contributed by atoms with Crippen LogP contribution in [0.5, 0.6) is 0 Å². The Bertz CT molecular complexity index is 599. The Labute approximate surface area is 155 Å². The van der Waals surface area contributed by atoms with Gasteiger partial charge in [0.25, 0.3) is 0 Å². The van der Waals surface area contributed by atoms with Gasteiger partial charge in [0.1, 0.15) is 6.61 Å². The smallest absolute Gasteiger partial charge is 0.335 e. The molecule has 0 aromatic rings. The van der Waals surface area contributed by atoms with Gasteiger partial charge >= 0.3 is 11.9 Å². The predicted molar refractivity (Wildman–Crippen MR) is 94.8 cm³/mol. The Kier molecular flexibility index (Phi) is 4.84. The maximum absolute atomic E-state index is 12.6. The van der Waals surface area contributed by atoms with Crippen LogP contribution < -0.4 is 0 Å². The first kappa shape index (κ1) is 18.0. The topological polar surface area (TPSA) is 61.8 Å². The van der Waals surface area contributed by atoms with Crippen LogP contribution in [0.3, 0.4) is 0 Å². The van der Waals surface area contributed by atoms with E-state index in [0.29, 0.717) is 11.5 Å². The Morgan fingerprint density at radius 2 is 1.77 bits per heavy atom. The number of hydrogen-bond acceptors (Lipinski definition) is 5. The van der Waals surface area contributed by atoms with E-state index in [4.69, 9.17) is 14.2 Å². The summed E-state index contributed by atoms with van der Waals surface area (Å²) in [4.78, 5) is 24.0. The van der Waals surface area contributed by atoms with E-state index in [9.17, 15) is 9.59 Å². The molecule has 0 heterocycles. The average molecular weight is 362 g/mol. The lowest BCUT2D eigenvalue weighted by molar-refractivity contribution is -0.176. The van der Waals surface area contributed by atoms with Gasteiger partial charge in [-0.1, -0.05) is 6.58 Å². The summed E-state index contributed by atoms with van der Waals surface area (Å²) in [5, 5.41) is 0. The molecule has 144 valence electrons. The molecule has 26 heavy (non-hydrogen) atoms. The molecule has 8 atom stereocenters. The molecular formula is C21H30O5. The number of ether oxygens (including phenoxy) is 3. The molecule has 0 saturated heterocycles. The highest BCUT2D eigenvalue weighted by Gasteiger charge is 2.63. The third-order valence-electron chi connectivity index (χ3n) is 7.34. The van der Waals surface area contributed by atoms with E-state index in [-0.39, 0.29) is 25.1 Å². The van der Waals surface area contributed by atoms with Crippen molar-refractivity contribution in [2.24, 2.45) is 41.4 Å². The highest BCUT2D eigenvalue weighted by Crippen LogP contribution is 2.68. The first-order valence-electron chi connectivity index (χ1n) is 10.1. The summed E-state index contributed by atoms with van der Waals surface area (Å²) in [5.74, 6) is 4.43. The number of esters is 2. The molecule has 5 nitrogen and oxygen atoms in total. The van der Waals surface area contributed by atoms with Gasteiger partial charge < -0.3 is 14.2 Å². The van der Waals surface area contributed by atoms with Crippen LogP contribution in [0.4, 0.5) is 0 Å². The van der Waals surface area contributed by atoms with Gasteiger partial charge in [0.15, 0.2) is 0 Å². The van der Waals surface area contributed by atoms with Crippen molar-refractivity contribution in [3.63, 3.8) is 0 Å². The maximum Gasteiger partial charge on any atom is 0.335 e. The zero-order valence-corrected chi connectivity index (χ0v) is 15.8. The number of carbonyl (C=O) groups is 2. The standard InChI is InChI=1S/C21H30O5/c1-11(2)20(22)26-12(3)24-6-7-25-21(23)17-10-15-9-16(17)19-14-5-4-13(8-14)18(15)19/h12-19H,1,4-10H2,2-3H3. The summed E-state index contributed by atoms with van der Waals surface area (Å²) in [7, 11) is 0. The molecule has 0 aromatic carbocycles. The lowest BCUT2D eigenvalue weighted by atomic mass is 9.67. The summed E-state index contributed by atoms with van der Waals surface area (Å²) in [6.45, 7) is 7.21. The van der Waals surface area contributed by atoms with Crippen LogP contribution in [0.1, 0.15) is 46.0 Å². The van der Waals surface area contributed by atoms with Crippen molar-refractivity contribution in [1.82, 2.24) is 0 Å². The molecule has 5 heteroatoms. The van der Waals surface area contributed by atoms with E-state index in [1.54, 1.807) is 13.8 Å². The third-order valence-corrected chi connectivity index (χ3v) is 7.34. The van der Waals surface area contributed by atoms with E-state index in [0.717, 1.165) is 36.0 Å². The fraction of sp³-hybridized carbons (Fsp3) is 0.810. The molecule has 4 saturated carbocycles. The average Bonchev–Trinajstić information content (AvgIpc) is 3.36. The molecule has 0 amide bonds. The molecular weight excluding hydrogens is 332 g/mol. The highest BCUT2D eigenvalue weighted by atomic mass is 16.7. The third kappa shape index (κ3) is 3.08. The zero-order valence-electron chi connectivity index (χ0n) is 15.8.